The fraction of sp³-hybridized carbons (Fsp3) is 0.188. The molecule has 7 nitrogen and oxygen atoms in total. The summed E-state index contributed by atoms with van der Waals surface area (Å²) in [7, 11) is 0. The highest BCUT2D eigenvalue weighted by Gasteiger charge is 2.13. The highest BCUT2D eigenvalue weighted by atomic mass is 16.5. The summed E-state index contributed by atoms with van der Waals surface area (Å²) in [5.74, 6) is -0.0151. The molecule has 2 heterocycles. The SMILES string of the molecule is CCCOC(=O)c1cn(-c2ccc(-c3ccccc3)nn2)nn1. The first-order chi connectivity index (χ1) is 11.3. The Morgan fingerprint density at radius 1 is 1.09 bits per heavy atom. The van der Waals surface area contributed by atoms with Crippen LogP contribution in [0.25, 0.3) is 17.1 Å². The number of esters is 1. The number of nitrogens with zero attached hydrogens (tertiary/aromatic N) is 5. The van der Waals surface area contributed by atoms with Crippen LogP contribution in [0.5, 0.6) is 0 Å². The second-order valence-electron chi connectivity index (χ2n) is 4.83. The topological polar surface area (TPSA) is 82.8 Å². The van der Waals surface area contributed by atoms with E-state index in [1.54, 1.807) is 6.07 Å². The summed E-state index contributed by atoms with van der Waals surface area (Å²) in [6.07, 6.45) is 2.23. The largest absolute Gasteiger partial charge is 0.461 e. The van der Waals surface area contributed by atoms with Crippen LogP contribution in [0.1, 0.15) is 23.8 Å². The van der Waals surface area contributed by atoms with Crippen LogP contribution in [0.4, 0.5) is 0 Å². The third-order valence-electron chi connectivity index (χ3n) is 3.09. The number of benzene rings is 1. The predicted octanol–water partition coefficient (Wildman–Crippen LogP) is 2.29. The van der Waals surface area contributed by atoms with E-state index in [-0.39, 0.29) is 5.69 Å². The normalized spacial score (nSPS) is 10.5. The van der Waals surface area contributed by atoms with Crippen molar-refractivity contribution in [1.82, 2.24) is 25.2 Å². The van der Waals surface area contributed by atoms with Crippen LogP contribution < -0.4 is 0 Å². The van der Waals surface area contributed by atoms with Gasteiger partial charge in [-0.2, -0.15) is 4.68 Å². The van der Waals surface area contributed by atoms with Gasteiger partial charge in [0.2, 0.25) is 0 Å². The molecule has 0 saturated heterocycles. The molecule has 0 unspecified atom stereocenters. The lowest BCUT2D eigenvalue weighted by Crippen LogP contribution is -2.06. The average Bonchev–Trinajstić information content (AvgIpc) is 3.11. The molecule has 0 amide bonds. The van der Waals surface area contributed by atoms with Crippen LogP contribution in [0.15, 0.2) is 48.7 Å². The third-order valence-corrected chi connectivity index (χ3v) is 3.09. The molecule has 3 rings (SSSR count). The maximum Gasteiger partial charge on any atom is 0.360 e. The van der Waals surface area contributed by atoms with Crippen molar-refractivity contribution >= 4 is 5.97 Å². The van der Waals surface area contributed by atoms with Crippen LogP contribution in [0, 0.1) is 0 Å². The monoisotopic (exact) mass is 309 g/mol. The summed E-state index contributed by atoms with van der Waals surface area (Å²) in [6.45, 7) is 2.28. The van der Waals surface area contributed by atoms with Crippen LogP contribution in [0.2, 0.25) is 0 Å². The molecule has 2 aromatic heterocycles. The Balaban J connectivity index is 1.78. The molecular formula is C16H15N5O2. The van der Waals surface area contributed by atoms with Crippen LogP contribution in [0.3, 0.4) is 0 Å². The van der Waals surface area contributed by atoms with E-state index in [1.165, 1.54) is 10.9 Å². The molecule has 3 aromatic rings. The van der Waals surface area contributed by atoms with Gasteiger partial charge in [-0.3, -0.25) is 0 Å². The van der Waals surface area contributed by atoms with Gasteiger partial charge in [0.25, 0.3) is 0 Å². The van der Waals surface area contributed by atoms with Gasteiger partial charge in [-0.15, -0.1) is 15.3 Å². The van der Waals surface area contributed by atoms with Crippen LogP contribution >= 0.6 is 0 Å². The van der Waals surface area contributed by atoms with Crippen molar-refractivity contribution in [1.29, 1.82) is 0 Å². The maximum absolute atomic E-state index is 11.7. The molecule has 0 atom stereocenters. The maximum atomic E-state index is 11.7. The first-order valence-corrected chi connectivity index (χ1v) is 7.27. The molecule has 0 radical (unpaired) electrons. The van der Waals surface area contributed by atoms with Gasteiger partial charge in [-0.05, 0) is 18.6 Å². The molecule has 23 heavy (non-hydrogen) atoms. The smallest absolute Gasteiger partial charge is 0.360 e. The van der Waals surface area contributed by atoms with E-state index in [4.69, 9.17) is 4.74 Å². The molecule has 7 heteroatoms. The van der Waals surface area contributed by atoms with Gasteiger partial charge in [0.05, 0.1) is 18.5 Å². The van der Waals surface area contributed by atoms with E-state index in [0.29, 0.717) is 12.4 Å². The van der Waals surface area contributed by atoms with Crippen molar-refractivity contribution in [2.45, 2.75) is 13.3 Å². The summed E-state index contributed by atoms with van der Waals surface area (Å²) in [4.78, 5) is 11.7. The van der Waals surface area contributed by atoms with Crippen molar-refractivity contribution < 1.29 is 9.53 Å². The van der Waals surface area contributed by atoms with E-state index in [0.717, 1.165) is 17.7 Å². The molecule has 0 aliphatic heterocycles. The molecule has 0 bridgehead atoms. The first kappa shape index (κ1) is 14.8. The van der Waals surface area contributed by atoms with Crippen molar-refractivity contribution in [3.8, 4) is 17.1 Å². The molecule has 0 spiro atoms. The molecule has 1 aromatic carbocycles. The van der Waals surface area contributed by atoms with E-state index in [2.05, 4.69) is 20.5 Å². The summed E-state index contributed by atoms with van der Waals surface area (Å²) < 4.78 is 6.41. The van der Waals surface area contributed by atoms with E-state index < -0.39 is 5.97 Å². The second-order valence-corrected chi connectivity index (χ2v) is 4.83. The number of aromatic nitrogens is 5. The summed E-state index contributed by atoms with van der Waals surface area (Å²) >= 11 is 0. The molecule has 0 N–H and O–H groups in total. The second kappa shape index (κ2) is 6.78. The van der Waals surface area contributed by atoms with Gasteiger partial charge in [0, 0.05) is 5.56 Å². The number of hydrogen-bond donors (Lipinski definition) is 0. The number of rotatable bonds is 5. The Morgan fingerprint density at radius 2 is 1.91 bits per heavy atom. The minimum Gasteiger partial charge on any atom is -0.461 e. The van der Waals surface area contributed by atoms with Gasteiger partial charge in [0.1, 0.15) is 0 Å². The Hall–Kier alpha value is -3.09. The number of ether oxygens (including phenoxy) is 1. The Bertz CT molecular complexity index is 784. The Morgan fingerprint density at radius 3 is 2.61 bits per heavy atom. The number of hydrogen-bond acceptors (Lipinski definition) is 6. The molecule has 0 aliphatic rings. The van der Waals surface area contributed by atoms with Crippen molar-refractivity contribution in [3.63, 3.8) is 0 Å². The van der Waals surface area contributed by atoms with Gasteiger partial charge >= 0.3 is 5.97 Å². The quantitative estimate of drug-likeness (QED) is 0.672. The molecule has 0 saturated carbocycles. The summed E-state index contributed by atoms with van der Waals surface area (Å²) in [5, 5.41) is 16.0. The average molecular weight is 309 g/mol. The van der Waals surface area contributed by atoms with Crippen molar-refractivity contribution in [2.24, 2.45) is 0 Å². The van der Waals surface area contributed by atoms with E-state index in [9.17, 15) is 4.79 Å². The zero-order chi connectivity index (χ0) is 16.1. The van der Waals surface area contributed by atoms with Crippen molar-refractivity contribution in [3.05, 3.63) is 54.4 Å². The fourth-order valence-corrected chi connectivity index (χ4v) is 1.95. The Kier molecular flexibility index (Phi) is 4.37. The van der Waals surface area contributed by atoms with Gasteiger partial charge < -0.3 is 4.74 Å². The zero-order valence-electron chi connectivity index (χ0n) is 12.6. The van der Waals surface area contributed by atoms with Crippen LogP contribution in [-0.4, -0.2) is 37.8 Å². The highest BCUT2D eigenvalue weighted by molar-refractivity contribution is 5.86. The first-order valence-electron chi connectivity index (χ1n) is 7.27. The lowest BCUT2D eigenvalue weighted by atomic mass is 10.1. The molecular weight excluding hydrogens is 294 g/mol. The van der Waals surface area contributed by atoms with E-state index >= 15 is 0 Å². The number of carbonyl (C=O) groups excluding carboxylic acids is 1. The standard InChI is InChI=1S/C16H15N5O2/c1-2-10-23-16(22)14-11-21(20-18-14)15-9-8-13(17-19-15)12-6-4-3-5-7-12/h3-9,11H,2,10H2,1H3. The minimum atomic E-state index is -0.494. The van der Waals surface area contributed by atoms with Gasteiger partial charge in [-0.1, -0.05) is 42.5 Å². The Labute approximate surface area is 132 Å². The van der Waals surface area contributed by atoms with Gasteiger partial charge in [0.15, 0.2) is 11.5 Å². The van der Waals surface area contributed by atoms with Crippen LogP contribution in [-0.2, 0) is 4.74 Å². The summed E-state index contributed by atoms with van der Waals surface area (Å²) in [6, 6.07) is 13.4. The summed E-state index contributed by atoms with van der Waals surface area (Å²) in [5.41, 5.74) is 1.89. The molecule has 116 valence electrons. The molecule has 0 aliphatic carbocycles. The van der Waals surface area contributed by atoms with Crippen molar-refractivity contribution in [2.75, 3.05) is 6.61 Å². The van der Waals surface area contributed by atoms with Gasteiger partial charge in [-0.25, -0.2) is 4.79 Å². The lowest BCUT2D eigenvalue weighted by Gasteiger charge is -2.01. The fourth-order valence-electron chi connectivity index (χ4n) is 1.95. The lowest BCUT2D eigenvalue weighted by molar-refractivity contribution is 0.0498. The van der Waals surface area contributed by atoms with E-state index in [1.807, 2.05) is 43.3 Å². The molecule has 0 fully saturated rings. The minimum absolute atomic E-state index is 0.146. The third kappa shape index (κ3) is 3.39. The highest BCUT2D eigenvalue weighted by Crippen LogP contribution is 2.15. The number of carbonyl (C=O) groups is 1. The zero-order valence-corrected chi connectivity index (χ0v) is 12.6. The predicted molar refractivity (Wildman–Crippen MR) is 83.0 cm³/mol.